The molecule has 0 aliphatic rings. The first-order chi connectivity index (χ1) is 8.61. The number of anilines is 1. The third-order valence-electron chi connectivity index (χ3n) is 2.68. The van der Waals surface area contributed by atoms with Gasteiger partial charge in [0.25, 0.3) is 0 Å². The zero-order valence-electron chi connectivity index (χ0n) is 10.6. The van der Waals surface area contributed by atoms with E-state index in [2.05, 4.69) is 20.3 Å². The Balaban J connectivity index is 2.10. The van der Waals surface area contributed by atoms with E-state index < -0.39 is 5.82 Å². The van der Waals surface area contributed by atoms with Gasteiger partial charge in [0.15, 0.2) is 11.6 Å². The summed E-state index contributed by atoms with van der Waals surface area (Å²) in [5, 5.41) is 2.86. The van der Waals surface area contributed by atoms with Crippen molar-refractivity contribution in [3.63, 3.8) is 0 Å². The van der Waals surface area contributed by atoms with Crippen molar-refractivity contribution < 1.29 is 8.81 Å². The van der Waals surface area contributed by atoms with Crippen LogP contribution in [0.1, 0.15) is 30.0 Å². The third-order valence-corrected chi connectivity index (χ3v) is 2.68. The first kappa shape index (κ1) is 12.5. The van der Waals surface area contributed by atoms with Crippen molar-refractivity contribution in [1.29, 1.82) is 0 Å². The quantitative estimate of drug-likeness (QED) is 0.902. The molecule has 0 aliphatic carbocycles. The molecule has 96 valence electrons. The van der Waals surface area contributed by atoms with Crippen molar-refractivity contribution in [2.24, 2.45) is 0 Å². The summed E-state index contributed by atoms with van der Waals surface area (Å²) in [6.07, 6.45) is 1.87. The summed E-state index contributed by atoms with van der Waals surface area (Å²) < 4.78 is 19.2. The fraction of sp³-hybridized carbons (Fsp3) is 0.417. The van der Waals surface area contributed by atoms with Crippen LogP contribution in [0.15, 0.2) is 10.7 Å². The van der Waals surface area contributed by atoms with Crippen molar-refractivity contribution in [2.45, 2.75) is 33.7 Å². The Morgan fingerprint density at radius 1 is 1.33 bits per heavy atom. The van der Waals surface area contributed by atoms with Gasteiger partial charge in [0.2, 0.25) is 5.89 Å². The summed E-state index contributed by atoms with van der Waals surface area (Å²) >= 11 is 0. The van der Waals surface area contributed by atoms with E-state index in [0.29, 0.717) is 24.6 Å². The first-order valence-electron chi connectivity index (χ1n) is 5.78. The number of aromatic nitrogens is 3. The Bertz CT molecular complexity index is 534. The monoisotopic (exact) mass is 250 g/mol. The van der Waals surface area contributed by atoms with Crippen molar-refractivity contribution in [1.82, 2.24) is 15.0 Å². The van der Waals surface area contributed by atoms with E-state index in [1.54, 1.807) is 0 Å². The molecule has 0 aliphatic heterocycles. The van der Waals surface area contributed by atoms with Crippen LogP contribution >= 0.6 is 0 Å². The number of nitrogens with zero attached hydrogens (tertiary/aromatic N) is 3. The topological polar surface area (TPSA) is 63.8 Å². The molecule has 6 heteroatoms. The van der Waals surface area contributed by atoms with Gasteiger partial charge < -0.3 is 9.73 Å². The Labute approximate surface area is 104 Å². The SMILES string of the molecule is CCc1ncnc(NCc2nc(C)c(C)o2)c1F. The van der Waals surface area contributed by atoms with Gasteiger partial charge in [0.1, 0.15) is 12.1 Å². The minimum absolute atomic E-state index is 0.176. The van der Waals surface area contributed by atoms with E-state index in [1.165, 1.54) is 6.33 Å². The number of aryl methyl sites for hydroxylation is 3. The second-order valence-corrected chi connectivity index (χ2v) is 3.94. The summed E-state index contributed by atoms with van der Waals surface area (Å²) in [6, 6.07) is 0. The molecule has 2 heterocycles. The number of rotatable bonds is 4. The van der Waals surface area contributed by atoms with Gasteiger partial charge in [-0.1, -0.05) is 6.92 Å². The highest BCUT2D eigenvalue weighted by Gasteiger charge is 2.11. The van der Waals surface area contributed by atoms with Crippen LogP contribution < -0.4 is 5.32 Å². The fourth-order valence-electron chi connectivity index (χ4n) is 1.55. The maximum absolute atomic E-state index is 13.8. The number of oxazole rings is 1. The van der Waals surface area contributed by atoms with Gasteiger partial charge in [-0.15, -0.1) is 0 Å². The highest BCUT2D eigenvalue weighted by atomic mass is 19.1. The van der Waals surface area contributed by atoms with Crippen LogP contribution in [-0.2, 0) is 13.0 Å². The highest BCUT2D eigenvalue weighted by Crippen LogP contribution is 2.15. The van der Waals surface area contributed by atoms with Gasteiger partial charge in [-0.25, -0.2) is 19.3 Å². The standard InChI is InChI=1S/C12H15FN4O/c1-4-9-11(13)12(16-6-15-9)14-5-10-17-7(2)8(3)18-10/h6H,4-5H2,1-3H3,(H,14,15,16). The molecule has 1 N–H and O–H groups in total. The largest absolute Gasteiger partial charge is 0.444 e. The predicted octanol–water partition coefficient (Wildman–Crippen LogP) is 2.40. The normalized spacial score (nSPS) is 10.7. The van der Waals surface area contributed by atoms with E-state index in [-0.39, 0.29) is 5.82 Å². The smallest absolute Gasteiger partial charge is 0.213 e. The summed E-state index contributed by atoms with van der Waals surface area (Å²) in [4.78, 5) is 11.9. The zero-order valence-corrected chi connectivity index (χ0v) is 10.6. The molecule has 0 radical (unpaired) electrons. The Morgan fingerprint density at radius 2 is 2.11 bits per heavy atom. The van der Waals surface area contributed by atoms with Crippen molar-refractivity contribution in [3.8, 4) is 0 Å². The van der Waals surface area contributed by atoms with Gasteiger partial charge in [-0.05, 0) is 20.3 Å². The lowest BCUT2D eigenvalue weighted by Crippen LogP contribution is -2.07. The second-order valence-electron chi connectivity index (χ2n) is 3.94. The Kier molecular flexibility index (Phi) is 3.55. The molecular formula is C12H15FN4O. The second kappa shape index (κ2) is 5.12. The maximum Gasteiger partial charge on any atom is 0.213 e. The molecule has 0 atom stereocenters. The summed E-state index contributed by atoms with van der Waals surface area (Å²) in [7, 11) is 0. The molecule has 5 nitrogen and oxygen atoms in total. The predicted molar refractivity (Wildman–Crippen MR) is 64.7 cm³/mol. The van der Waals surface area contributed by atoms with Crippen LogP contribution in [0.4, 0.5) is 10.2 Å². The number of hydrogen-bond acceptors (Lipinski definition) is 5. The summed E-state index contributed by atoms with van der Waals surface area (Å²) in [5.41, 5.74) is 1.23. The molecule has 0 amide bonds. The highest BCUT2D eigenvalue weighted by molar-refractivity contribution is 5.37. The van der Waals surface area contributed by atoms with Crippen LogP contribution in [0.3, 0.4) is 0 Å². The molecule has 2 rings (SSSR count). The third kappa shape index (κ3) is 2.47. The molecule has 0 saturated heterocycles. The van der Waals surface area contributed by atoms with E-state index in [0.717, 1.165) is 11.5 Å². The van der Waals surface area contributed by atoms with E-state index in [4.69, 9.17) is 4.42 Å². The average Bonchev–Trinajstić information content (AvgIpc) is 2.67. The number of halogens is 1. The minimum Gasteiger partial charge on any atom is -0.444 e. The van der Waals surface area contributed by atoms with Gasteiger partial charge in [0.05, 0.1) is 17.9 Å². The molecule has 2 aromatic rings. The lowest BCUT2D eigenvalue weighted by atomic mass is 10.3. The summed E-state index contributed by atoms with van der Waals surface area (Å²) in [6.45, 7) is 5.84. The lowest BCUT2D eigenvalue weighted by Gasteiger charge is -2.06. The van der Waals surface area contributed by atoms with E-state index in [9.17, 15) is 4.39 Å². The molecule has 0 aromatic carbocycles. The van der Waals surface area contributed by atoms with Gasteiger partial charge in [0, 0.05) is 0 Å². The molecule has 0 fully saturated rings. The van der Waals surface area contributed by atoms with Crippen molar-refractivity contribution in [2.75, 3.05) is 5.32 Å². The lowest BCUT2D eigenvalue weighted by molar-refractivity contribution is 0.477. The van der Waals surface area contributed by atoms with Crippen LogP contribution in [0, 0.1) is 19.7 Å². The molecular weight excluding hydrogens is 235 g/mol. The van der Waals surface area contributed by atoms with Crippen LogP contribution in [0.5, 0.6) is 0 Å². The molecule has 0 saturated carbocycles. The molecule has 0 unspecified atom stereocenters. The zero-order chi connectivity index (χ0) is 13.1. The van der Waals surface area contributed by atoms with Crippen LogP contribution in [0.25, 0.3) is 0 Å². The molecule has 2 aromatic heterocycles. The van der Waals surface area contributed by atoms with Gasteiger partial charge in [-0.3, -0.25) is 0 Å². The minimum atomic E-state index is -0.417. The number of nitrogens with one attached hydrogen (secondary N) is 1. The van der Waals surface area contributed by atoms with Crippen molar-refractivity contribution in [3.05, 3.63) is 35.2 Å². The fourth-order valence-corrected chi connectivity index (χ4v) is 1.55. The van der Waals surface area contributed by atoms with E-state index >= 15 is 0 Å². The molecule has 0 spiro atoms. The summed E-state index contributed by atoms with van der Waals surface area (Å²) in [5.74, 6) is 1.04. The maximum atomic E-state index is 13.8. The van der Waals surface area contributed by atoms with Gasteiger partial charge >= 0.3 is 0 Å². The first-order valence-corrected chi connectivity index (χ1v) is 5.78. The molecule has 0 bridgehead atoms. The van der Waals surface area contributed by atoms with Gasteiger partial charge in [-0.2, -0.15) is 0 Å². The average molecular weight is 250 g/mol. The van der Waals surface area contributed by atoms with Crippen LogP contribution in [0.2, 0.25) is 0 Å². The Hall–Kier alpha value is -1.98. The van der Waals surface area contributed by atoms with E-state index in [1.807, 2.05) is 20.8 Å². The Morgan fingerprint density at radius 3 is 2.72 bits per heavy atom. The van der Waals surface area contributed by atoms with Crippen LogP contribution in [-0.4, -0.2) is 15.0 Å². The number of hydrogen-bond donors (Lipinski definition) is 1. The molecule has 18 heavy (non-hydrogen) atoms. The van der Waals surface area contributed by atoms with Crippen molar-refractivity contribution >= 4 is 5.82 Å².